The van der Waals surface area contributed by atoms with Gasteiger partial charge in [-0.15, -0.1) is 12.4 Å². The lowest BCUT2D eigenvalue weighted by molar-refractivity contribution is -0.0856. The standard InChI is InChI=1S/C20H27F4N3O3S.ClH/c1-2-31(29,30)27-12-10-26(11-13-27)19(6-8-20(23,24)9-7-19)14-25-18(28)17-15(21)4-3-5-16(17)22;/h3-5H,2,6-14H2,1H3,(H,25,28);1H. The number of hydrogen-bond acceptors (Lipinski definition) is 4. The number of hydrogen-bond donors (Lipinski definition) is 1. The van der Waals surface area contributed by atoms with Crippen molar-refractivity contribution in [3.63, 3.8) is 0 Å². The number of alkyl halides is 2. The maximum Gasteiger partial charge on any atom is 0.257 e. The normalized spacial score (nSPS) is 21.5. The molecule has 1 N–H and O–H groups in total. The van der Waals surface area contributed by atoms with Gasteiger partial charge in [-0.3, -0.25) is 9.69 Å². The van der Waals surface area contributed by atoms with E-state index in [1.54, 1.807) is 6.92 Å². The minimum absolute atomic E-state index is 0. The molecule has 1 aliphatic heterocycles. The summed E-state index contributed by atoms with van der Waals surface area (Å²) in [5.41, 5.74) is -1.54. The Labute approximate surface area is 191 Å². The van der Waals surface area contributed by atoms with Crippen LogP contribution in [-0.4, -0.2) is 73.5 Å². The highest BCUT2D eigenvalue weighted by atomic mass is 35.5. The zero-order valence-electron chi connectivity index (χ0n) is 17.8. The molecule has 1 aliphatic carbocycles. The third kappa shape index (κ3) is 5.73. The van der Waals surface area contributed by atoms with Gasteiger partial charge in [0.05, 0.1) is 5.75 Å². The number of piperazine rings is 1. The van der Waals surface area contributed by atoms with E-state index in [1.165, 1.54) is 4.31 Å². The first kappa shape index (κ1) is 26.8. The van der Waals surface area contributed by atoms with E-state index in [-0.39, 0.29) is 63.5 Å². The van der Waals surface area contributed by atoms with Crippen molar-refractivity contribution < 1.29 is 30.8 Å². The lowest BCUT2D eigenvalue weighted by Gasteiger charge is -2.50. The Morgan fingerprint density at radius 1 is 1.03 bits per heavy atom. The molecule has 1 aromatic carbocycles. The zero-order valence-corrected chi connectivity index (χ0v) is 19.4. The number of halogens is 5. The van der Waals surface area contributed by atoms with Gasteiger partial charge < -0.3 is 5.32 Å². The molecule has 0 atom stereocenters. The fourth-order valence-corrected chi connectivity index (χ4v) is 5.44. The van der Waals surface area contributed by atoms with E-state index >= 15 is 0 Å². The van der Waals surface area contributed by atoms with Crippen LogP contribution >= 0.6 is 12.4 Å². The lowest BCUT2D eigenvalue weighted by Crippen LogP contribution is -2.63. The van der Waals surface area contributed by atoms with Gasteiger partial charge in [-0.25, -0.2) is 26.0 Å². The molecule has 1 heterocycles. The minimum atomic E-state index is -3.35. The second-order valence-electron chi connectivity index (χ2n) is 8.15. The van der Waals surface area contributed by atoms with E-state index in [2.05, 4.69) is 5.32 Å². The van der Waals surface area contributed by atoms with Crippen LogP contribution in [0.2, 0.25) is 0 Å². The van der Waals surface area contributed by atoms with Crippen molar-refractivity contribution in [1.29, 1.82) is 0 Å². The second kappa shape index (κ2) is 10.2. The Morgan fingerprint density at radius 3 is 2.06 bits per heavy atom. The summed E-state index contributed by atoms with van der Waals surface area (Å²) in [6, 6.07) is 3.10. The predicted molar refractivity (Wildman–Crippen MR) is 115 cm³/mol. The molecule has 1 amide bonds. The number of sulfonamides is 1. The summed E-state index contributed by atoms with van der Waals surface area (Å²) in [5.74, 6) is -5.77. The summed E-state index contributed by atoms with van der Waals surface area (Å²) in [6.07, 6.45) is -0.573. The molecule has 2 fully saturated rings. The molecule has 12 heteroatoms. The highest BCUT2D eigenvalue weighted by molar-refractivity contribution is 7.89. The smallest absolute Gasteiger partial charge is 0.257 e. The van der Waals surface area contributed by atoms with Gasteiger partial charge in [0.1, 0.15) is 17.2 Å². The van der Waals surface area contributed by atoms with Crippen LogP contribution in [0.15, 0.2) is 18.2 Å². The van der Waals surface area contributed by atoms with Crippen molar-refractivity contribution >= 4 is 28.3 Å². The molecule has 6 nitrogen and oxygen atoms in total. The fourth-order valence-electron chi connectivity index (χ4n) is 4.36. The van der Waals surface area contributed by atoms with E-state index in [0.717, 1.165) is 18.2 Å². The second-order valence-corrected chi connectivity index (χ2v) is 10.4. The SMILES string of the molecule is CCS(=O)(=O)N1CCN(C2(CNC(=O)c3c(F)cccc3F)CCC(F)(F)CC2)CC1.Cl. The molecule has 2 aliphatic rings. The number of carbonyl (C=O) groups excluding carboxylic acids is 1. The molecule has 0 radical (unpaired) electrons. The Bertz CT molecular complexity index is 894. The van der Waals surface area contributed by atoms with E-state index in [1.807, 2.05) is 4.90 Å². The molecule has 0 spiro atoms. The number of nitrogens with one attached hydrogen (secondary N) is 1. The summed E-state index contributed by atoms with van der Waals surface area (Å²) in [6.45, 7) is 2.61. The first-order chi connectivity index (χ1) is 14.5. The van der Waals surface area contributed by atoms with Crippen molar-refractivity contribution in [2.45, 2.75) is 44.1 Å². The molecular weight excluding hydrogens is 474 g/mol. The topological polar surface area (TPSA) is 69.7 Å². The molecule has 0 bridgehead atoms. The third-order valence-corrected chi connectivity index (χ3v) is 8.23. The van der Waals surface area contributed by atoms with E-state index in [9.17, 15) is 30.8 Å². The van der Waals surface area contributed by atoms with E-state index in [0.29, 0.717) is 13.1 Å². The molecule has 1 aromatic rings. The molecule has 32 heavy (non-hydrogen) atoms. The molecule has 1 saturated heterocycles. The average Bonchev–Trinajstić information content (AvgIpc) is 2.73. The van der Waals surface area contributed by atoms with Crippen molar-refractivity contribution in [2.75, 3.05) is 38.5 Å². The van der Waals surface area contributed by atoms with Crippen LogP contribution in [0.25, 0.3) is 0 Å². The lowest BCUT2D eigenvalue weighted by atomic mass is 9.78. The number of carbonyl (C=O) groups is 1. The maximum atomic E-state index is 13.9. The Kier molecular flexibility index (Phi) is 8.58. The first-order valence-electron chi connectivity index (χ1n) is 10.3. The van der Waals surface area contributed by atoms with Gasteiger partial charge >= 0.3 is 0 Å². The van der Waals surface area contributed by atoms with Crippen molar-refractivity contribution in [3.8, 4) is 0 Å². The van der Waals surface area contributed by atoms with Crippen LogP contribution in [0.3, 0.4) is 0 Å². The quantitative estimate of drug-likeness (QED) is 0.608. The van der Waals surface area contributed by atoms with E-state index in [4.69, 9.17) is 0 Å². The van der Waals surface area contributed by atoms with Crippen molar-refractivity contribution in [3.05, 3.63) is 35.4 Å². The number of amides is 1. The summed E-state index contributed by atoms with van der Waals surface area (Å²) in [7, 11) is -3.35. The molecule has 1 saturated carbocycles. The van der Waals surface area contributed by atoms with Crippen molar-refractivity contribution in [2.24, 2.45) is 0 Å². The summed E-state index contributed by atoms with van der Waals surface area (Å²) in [5, 5.41) is 2.53. The predicted octanol–water partition coefficient (Wildman–Crippen LogP) is 3.03. The fraction of sp³-hybridized carbons (Fsp3) is 0.650. The molecule has 3 rings (SSSR count). The Hall–Kier alpha value is -1.43. The van der Waals surface area contributed by atoms with Crippen LogP contribution < -0.4 is 5.32 Å². The maximum absolute atomic E-state index is 13.9. The van der Waals surface area contributed by atoms with E-state index < -0.39 is 44.6 Å². The van der Waals surface area contributed by atoms with Crippen LogP contribution in [0.1, 0.15) is 43.0 Å². The van der Waals surface area contributed by atoms with Gasteiger partial charge in [-0.1, -0.05) is 6.07 Å². The monoisotopic (exact) mass is 501 g/mol. The highest BCUT2D eigenvalue weighted by Crippen LogP contribution is 2.41. The third-order valence-electron chi connectivity index (χ3n) is 6.35. The van der Waals surface area contributed by atoms with Gasteiger partial charge in [0.2, 0.25) is 15.9 Å². The largest absolute Gasteiger partial charge is 0.350 e. The minimum Gasteiger partial charge on any atom is -0.350 e. The molecule has 0 unspecified atom stereocenters. The number of benzene rings is 1. The average molecular weight is 502 g/mol. The van der Waals surface area contributed by atoms with Gasteiger partial charge in [-0.2, -0.15) is 4.31 Å². The summed E-state index contributed by atoms with van der Waals surface area (Å²) >= 11 is 0. The van der Waals surface area contributed by atoms with Crippen LogP contribution in [-0.2, 0) is 10.0 Å². The first-order valence-corrected chi connectivity index (χ1v) is 11.9. The van der Waals surface area contributed by atoms with Gasteiger partial charge in [0.15, 0.2) is 0 Å². The van der Waals surface area contributed by atoms with Crippen LogP contribution in [0.4, 0.5) is 17.6 Å². The van der Waals surface area contributed by atoms with Gasteiger partial charge in [0, 0.05) is 51.1 Å². The number of nitrogens with zero attached hydrogens (tertiary/aromatic N) is 2. The molecular formula is C20H28ClF4N3O3S. The summed E-state index contributed by atoms with van der Waals surface area (Å²) < 4.78 is 81.2. The highest BCUT2D eigenvalue weighted by Gasteiger charge is 2.47. The number of rotatable bonds is 6. The van der Waals surface area contributed by atoms with Crippen LogP contribution in [0, 0.1) is 11.6 Å². The Balaban J connectivity index is 0.00000363. The van der Waals surface area contributed by atoms with Gasteiger partial charge in [-0.05, 0) is 31.9 Å². The summed E-state index contributed by atoms with van der Waals surface area (Å²) in [4.78, 5) is 14.4. The zero-order chi connectivity index (χ0) is 22.9. The van der Waals surface area contributed by atoms with Gasteiger partial charge in [0.25, 0.3) is 5.91 Å². The Morgan fingerprint density at radius 2 is 1.56 bits per heavy atom. The van der Waals surface area contributed by atoms with Crippen molar-refractivity contribution in [1.82, 2.24) is 14.5 Å². The molecule has 0 aromatic heterocycles. The molecule has 182 valence electrons. The van der Waals surface area contributed by atoms with Crippen LogP contribution in [0.5, 0.6) is 0 Å².